The fraction of sp³-hybridized carbons (Fsp3) is 0.944. The molecule has 0 aromatic rings. The van der Waals surface area contributed by atoms with Crippen molar-refractivity contribution < 1.29 is 4.79 Å². The second-order valence-electron chi connectivity index (χ2n) is 8.21. The van der Waals surface area contributed by atoms with Crippen LogP contribution in [-0.2, 0) is 4.79 Å². The number of amides is 1. The number of carbonyl (C=O) groups excluding carboxylic acids is 1. The summed E-state index contributed by atoms with van der Waals surface area (Å²) in [5.74, 6) is 4.23. The molecule has 2 heterocycles. The smallest absolute Gasteiger partial charge is 0.226 e. The maximum atomic E-state index is 12.8. The minimum absolute atomic E-state index is 0. The number of carbonyl (C=O) groups is 1. The van der Waals surface area contributed by atoms with E-state index in [1.165, 1.54) is 44.9 Å². The van der Waals surface area contributed by atoms with Crippen LogP contribution in [0.25, 0.3) is 0 Å². The molecule has 3 nitrogen and oxygen atoms in total. The quantitative estimate of drug-likeness (QED) is 0.861. The van der Waals surface area contributed by atoms with Crippen molar-refractivity contribution >= 4 is 18.3 Å². The van der Waals surface area contributed by atoms with Gasteiger partial charge in [0.05, 0.1) is 0 Å². The molecule has 2 saturated heterocycles. The van der Waals surface area contributed by atoms with Crippen molar-refractivity contribution in [3.63, 3.8) is 0 Å². The molecule has 4 fully saturated rings. The Balaban J connectivity index is 0.00000144. The Labute approximate surface area is 141 Å². The molecule has 4 heteroatoms. The van der Waals surface area contributed by atoms with Crippen molar-refractivity contribution in [2.45, 2.75) is 57.9 Å². The lowest BCUT2D eigenvalue weighted by Crippen LogP contribution is -2.51. The molecular formula is C18H31ClN2O. The summed E-state index contributed by atoms with van der Waals surface area (Å²) in [7, 11) is 0. The average molecular weight is 327 g/mol. The van der Waals surface area contributed by atoms with Crippen LogP contribution in [0.2, 0.25) is 0 Å². The maximum absolute atomic E-state index is 12.8. The molecule has 2 aliphatic carbocycles. The summed E-state index contributed by atoms with van der Waals surface area (Å²) >= 11 is 0. The summed E-state index contributed by atoms with van der Waals surface area (Å²) in [4.78, 5) is 15.1. The molecule has 5 atom stereocenters. The monoisotopic (exact) mass is 326 g/mol. The van der Waals surface area contributed by atoms with Gasteiger partial charge in [-0.25, -0.2) is 0 Å². The third-order valence-corrected chi connectivity index (χ3v) is 7.03. The average Bonchev–Trinajstić information content (AvgIpc) is 3.11. The molecule has 1 amide bonds. The van der Waals surface area contributed by atoms with Gasteiger partial charge in [-0.3, -0.25) is 4.79 Å². The van der Waals surface area contributed by atoms with Crippen molar-refractivity contribution in [3.8, 4) is 0 Å². The van der Waals surface area contributed by atoms with E-state index >= 15 is 0 Å². The summed E-state index contributed by atoms with van der Waals surface area (Å²) in [6, 6.07) is 0.567. The molecule has 0 radical (unpaired) electrons. The van der Waals surface area contributed by atoms with E-state index in [1.807, 2.05) is 0 Å². The summed E-state index contributed by atoms with van der Waals surface area (Å²) in [5.41, 5.74) is 0. The molecule has 4 rings (SSSR count). The molecule has 2 aliphatic heterocycles. The largest absolute Gasteiger partial charge is 0.339 e. The standard InChI is InChI=1S/C18H30N2O.ClH/c1-12(16-10-19-11-16)18(21)20-6-2-3-17(20)9-15-8-13-4-5-14(15)7-13;/h12-17,19H,2-11H2,1H3;1H. The normalized spacial score (nSPS) is 38.7. The van der Waals surface area contributed by atoms with E-state index in [9.17, 15) is 4.79 Å². The van der Waals surface area contributed by atoms with E-state index in [0.29, 0.717) is 17.9 Å². The van der Waals surface area contributed by atoms with E-state index in [-0.39, 0.29) is 18.3 Å². The van der Waals surface area contributed by atoms with Crippen molar-refractivity contribution in [1.29, 1.82) is 0 Å². The minimum Gasteiger partial charge on any atom is -0.339 e. The van der Waals surface area contributed by atoms with Gasteiger partial charge >= 0.3 is 0 Å². The lowest BCUT2D eigenvalue weighted by atomic mass is 9.83. The van der Waals surface area contributed by atoms with Crippen molar-refractivity contribution in [1.82, 2.24) is 10.2 Å². The number of hydrogen-bond donors (Lipinski definition) is 1. The molecule has 0 aromatic heterocycles. The number of nitrogens with zero attached hydrogens (tertiary/aromatic N) is 1. The predicted octanol–water partition coefficient (Wildman–Crippen LogP) is 3.08. The highest BCUT2D eigenvalue weighted by molar-refractivity contribution is 5.85. The SMILES string of the molecule is CC(C(=O)N1CCCC1CC1CC2CCC1C2)C1CNC1.Cl. The molecule has 1 N–H and O–H groups in total. The number of hydrogen-bond acceptors (Lipinski definition) is 2. The van der Waals surface area contributed by atoms with E-state index in [0.717, 1.165) is 37.4 Å². The van der Waals surface area contributed by atoms with Crippen LogP contribution in [0.3, 0.4) is 0 Å². The Bertz CT molecular complexity index is 412. The second kappa shape index (κ2) is 6.68. The number of halogens is 1. The van der Waals surface area contributed by atoms with Gasteiger partial charge in [0.15, 0.2) is 0 Å². The zero-order chi connectivity index (χ0) is 14.4. The summed E-state index contributed by atoms with van der Waals surface area (Å²) < 4.78 is 0. The van der Waals surface area contributed by atoms with Gasteiger partial charge in [-0.2, -0.15) is 0 Å². The van der Waals surface area contributed by atoms with Crippen LogP contribution in [0.4, 0.5) is 0 Å². The molecule has 22 heavy (non-hydrogen) atoms. The molecule has 4 aliphatic rings. The third-order valence-electron chi connectivity index (χ3n) is 7.03. The fourth-order valence-electron chi connectivity index (χ4n) is 5.51. The maximum Gasteiger partial charge on any atom is 0.226 e. The Morgan fingerprint density at radius 3 is 2.64 bits per heavy atom. The van der Waals surface area contributed by atoms with Crippen molar-refractivity contribution in [2.75, 3.05) is 19.6 Å². The van der Waals surface area contributed by atoms with Gasteiger partial charge in [0.2, 0.25) is 5.91 Å². The zero-order valence-electron chi connectivity index (χ0n) is 13.8. The van der Waals surface area contributed by atoms with Crippen LogP contribution < -0.4 is 5.32 Å². The van der Waals surface area contributed by atoms with Gasteiger partial charge in [-0.05, 0) is 75.3 Å². The van der Waals surface area contributed by atoms with Crippen LogP contribution >= 0.6 is 12.4 Å². The van der Waals surface area contributed by atoms with E-state index in [4.69, 9.17) is 0 Å². The first kappa shape index (κ1) is 16.6. The molecule has 5 unspecified atom stereocenters. The van der Waals surface area contributed by atoms with Crippen LogP contribution in [0.1, 0.15) is 51.9 Å². The van der Waals surface area contributed by atoms with Crippen molar-refractivity contribution in [2.24, 2.45) is 29.6 Å². The molecular weight excluding hydrogens is 296 g/mol. The molecule has 0 spiro atoms. The Morgan fingerprint density at radius 2 is 2.05 bits per heavy atom. The Morgan fingerprint density at radius 1 is 1.23 bits per heavy atom. The first-order chi connectivity index (χ1) is 10.2. The van der Waals surface area contributed by atoms with Crippen LogP contribution in [0, 0.1) is 29.6 Å². The van der Waals surface area contributed by atoms with Crippen LogP contribution in [-0.4, -0.2) is 36.5 Å². The highest BCUT2D eigenvalue weighted by Crippen LogP contribution is 2.50. The highest BCUT2D eigenvalue weighted by atomic mass is 35.5. The first-order valence-corrected chi connectivity index (χ1v) is 9.23. The summed E-state index contributed by atoms with van der Waals surface area (Å²) in [6.07, 6.45) is 9.71. The number of rotatable bonds is 4. The minimum atomic E-state index is 0. The number of fused-ring (bicyclic) bond motifs is 2. The molecule has 0 aromatic carbocycles. The highest BCUT2D eigenvalue weighted by Gasteiger charge is 2.43. The topological polar surface area (TPSA) is 32.3 Å². The first-order valence-electron chi connectivity index (χ1n) is 9.23. The fourth-order valence-corrected chi connectivity index (χ4v) is 5.51. The lowest BCUT2D eigenvalue weighted by molar-refractivity contribution is -0.138. The van der Waals surface area contributed by atoms with E-state index in [1.54, 1.807) is 0 Å². The second-order valence-corrected chi connectivity index (χ2v) is 8.21. The van der Waals surface area contributed by atoms with Crippen LogP contribution in [0.15, 0.2) is 0 Å². The molecule has 2 saturated carbocycles. The van der Waals surface area contributed by atoms with Gasteiger partial charge in [0.25, 0.3) is 0 Å². The van der Waals surface area contributed by atoms with Crippen molar-refractivity contribution in [3.05, 3.63) is 0 Å². The van der Waals surface area contributed by atoms with Gasteiger partial charge < -0.3 is 10.2 Å². The van der Waals surface area contributed by atoms with E-state index < -0.39 is 0 Å². The molecule has 2 bridgehead atoms. The van der Waals surface area contributed by atoms with Crippen LogP contribution in [0.5, 0.6) is 0 Å². The Hall–Kier alpha value is -0.280. The third kappa shape index (κ3) is 2.91. The van der Waals surface area contributed by atoms with Gasteiger partial charge in [-0.15, -0.1) is 12.4 Å². The summed E-state index contributed by atoms with van der Waals surface area (Å²) in [6.45, 7) is 5.26. The van der Waals surface area contributed by atoms with E-state index in [2.05, 4.69) is 17.1 Å². The Kier molecular flexibility index (Phi) is 5.04. The molecule has 126 valence electrons. The zero-order valence-corrected chi connectivity index (χ0v) is 14.6. The predicted molar refractivity (Wildman–Crippen MR) is 91.1 cm³/mol. The van der Waals surface area contributed by atoms with Gasteiger partial charge in [0.1, 0.15) is 0 Å². The lowest BCUT2D eigenvalue weighted by Gasteiger charge is -2.37. The summed E-state index contributed by atoms with van der Waals surface area (Å²) in [5, 5.41) is 3.31. The van der Waals surface area contributed by atoms with Gasteiger partial charge in [-0.1, -0.05) is 13.3 Å². The van der Waals surface area contributed by atoms with Gasteiger partial charge in [0, 0.05) is 18.5 Å². The number of nitrogens with one attached hydrogen (secondary N) is 1. The number of likely N-dealkylation sites (tertiary alicyclic amines) is 1.